The predicted molar refractivity (Wildman–Crippen MR) is 29.4 cm³/mol. The van der Waals surface area contributed by atoms with E-state index in [2.05, 4.69) is 6.42 Å². The lowest BCUT2D eigenvalue weighted by Crippen LogP contribution is -2.04. The minimum atomic E-state index is 0.307. The van der Waals surface area contributed by atoms with Crippen molar-refractivity contribution in [1.82, 2.24) is 0 Å². The maximum absolute atomic E-state index is 5.46. The lowest BCUT2D eigenvalue weighted by molar-refractivity contribution is 0.131. The maximum atomic E-state index is 5.46. The zero-order valence-electron chi connectivity index (χ0n) is 4.06. The summed E-state index contributed by atoms with van der Waals surface area (Å²) >= 11 is 5.46. The fourth-order valence-electron chi connectivity index (χ4n) is 0.634. The van der Waals surface area contributed by atoms with Gasteiger partial charge in [-0.15, -0.1) is 11.6 Å². The quantitative estimate of drug-likeness (QED) is 0.472. The van der Waals surface area contributed by atoms with Crippen LogP contribution in [0.3, 0.4) is 0 Å². The summed E-state index contributed by atoms with van der Waals surface area (Å²) in [7, 11) is 0. The molecule has 0 aromatic carbocycles. The summed E-state index contributed by atoms with van der Waals surface area (Å²) in [5, 5.41) is 0. The highest BCUT2D eigenvalue weighted by atomic mass is 35.5. The van der Waals surface area contributed by atoms with Crippen LogP contribution in [0.1, 0.15) is 6.42 Å². The first-order chi connectivity index (χ1) is 3.43. The SMILES string of the molecule is ClCC1C[CH]CO1. The van der Waals surface area contributed by atoms with E-state index in [0.29, 0.717) is 12.0 Å². The summed E-state index contributed by atoms with van der Waals surface area (Å²) in [6, 6.07) is 0. The lowest BCUT2D eigenvalue weighted by Gasteiger charge is -1.99. The first kappa shape index (κ1) is 5.39. The molecule has 1 nitrogen and oxygen atoms in total. The first-order valence-corrected chi connectivity index (χ1v) is 2.96. The standard InChI is InChI=1S/C5H8ClO/c6-4-5-2-1-3-7-5/h1,5H,2-4H2. The molecule has 1 aliphatic rings. The third kappa shape index (κ3) is 1.32. The Balaban J connectivity index is 2.14. The molecule has 0 aromatic rings. The Hall–Kier alpha value is 0.250. The van der Waals surface area contributed by atoms with Crippen LogP contribution in [-0.4, -0.2) is 18.6 Å². The molecule has 2 heteroatoms. The second kappa shape index (κ2) is 2.53. The van der Waals surface area contributed by atoms with Gasteiger partial charge in [0.2, 0.25) is 0 Å². The van der Waals surface area contributed by atoms with Gasteiger partial charge in [-0.1, -0.05) is 0 Å². The van der Waals surface area contributed by atoms with E-state index in [-0.39, 0.29) is 0 Å². The zero-order valence-corrected chi connectivity index (χ0v) is 4.82. The molecule has 0 N–H and O–H groups in total. The molecule has 0 aliphatic carbocycles. The molecular formula is C5H8ClO. The largest absolute Gasteiger partial charge is 0.377 e. The molecule has 1 fully saturated rings. The van der Waals surface area contributed by atoms with Gasteiger partial charge in [0.15, 0.2) is 0 Å². The molecule has 1 heterocycles. The molecule has 7 heavy (non-hydrogen) atoms. The Labute approximate surface area is 48.6 Å². The van der Waals surface area contributed by atoms with Crippen molar-refractivity contribution >= 4 is 11.6 Å². The Morgan fingerprint density at radius 3 is 3.00 bits per heavy atom. The normalized spacial score (nSPS) is 31.3. The molecule has 41 valence electrons. The van der Waals surface area contributed by atoms with E-state index in [9.17, 15) is 0 Å². The molecule has 0 bridgehead atoms. The van der Waals surface area contributed by atoms with Gasteiger partial charge < -0.3 is 4.74 Å². The van der Waals surface area contributed by atoms with Crippen molar-refractivity contribution < 1.29 is 4.74 Å². The van der Waals surface area contributed by atoms with Crippen molar-refractivity contribution in [2.24, 2.45) is 0 Å². The average Bonchev–Trinajstić information content (AvgIpc) is 2.14. The molecule has 1 saturated heterocycles. The third-order valence-electron chi connectivity index (χ3n) is 1.05. The molecule has 0 saturated carbocycles. The second-order valence-corrected chi connectivity index (χ2v) is 1.94. The highest BCUT2D eigenvalue weighted by molar-refractivity contribution is 6.18. The smallest absolute Gasteiger partial charge is 0.0714 e. The fourth-order valence-corrected chi connectivity index (χ4v) is 0.849. The van der Waals surface area contributed by atoms with E-state index in [1.165, 1.54) is 0 Å². The molecule has 1 radical (unpaired) electrons. The van der Waals surface area contributed by atoms with E-state index in [1.54, 1.807) is 0 Å². The van der Waals surface area contributed by atoms with Crippen LogP contribution < -0.4 is 0 Å². The molecule has 1 aliphatic heterocycles. The summed E-state index contributed by atoms with van der Waals surface area (Å²) < 4.78 is 5.11. The van der Waals surface area contributed by atoms with Gasteiger partial charge in [-0.3, -0.25) is 0 Å². The van der Waals surface area contributed by atoms with Crippen molar-refractivity contribution in [2.75, 3.05) is 12.5 Å². The van der Waals surface area contributed by atoms with E-state index in [4.69, 9.17) is 16.3 Å². The first-order valence-electron chi connectivity index (χ1n) is 2.42. The van der Waals surface area contributed by atoms with Gasteiger partial charge in [-0.2, -0.15) is 0 Å². The Morgan fingerprint density at radius 1 is 1.86 bits per heavy atom. The highest BCUT2D eigenvalue weighted by Crippen LogP contribution is 2.11. The van der Waals surface area contributed by atoms with Crippen LogP contribution in [0.5, 0.6) is 0 Å². The topological polar surface area (TPSA) is 9.23 Å². The van der Waals surface area contributed by atoms with Crippen LogP contribution in [-0.2, 0) is 4.74 Å². The zero-order chi connectivity index (χ0) is 5.11. The van der Waals surface area contributed by atoms with Crippen LogP contribution in [0, 0.1) is 6.42 Å². The fraction of sp³-hybridized carbons (Fsp3) is 0.800. The van der Waals surface area contributed by atoms with E-state index < -0.39 is 0 Å². The molecule has 0 amide bonds. The summed E-state index contributed by atoms with van der Waals surface area (Å²) in [4.78, 5) is 0. The maximum Gasteiger partial charge on any atom is 0.0714 e. The minimum absolute atomic E-state index is 0.307. The minimum Gasteiger partial charge on any atom is -0.377 e. The van der Waals surface area contributed by atoms with Crippen molar-refractivity contribution in [3.05, 3.63) is 6.42 Å². The number of rotatable bonds is 1. The van der Waals surface area contributed by atoms with Gasteiger partial charge in [0.25, 0.3) is 0 Å². The number of alkyl halides is 1. The van der Waals surface area contributed by atoms with Crippen molar-refractivity contribution in [2.45, 2.75) is 12.5 Å². The molecule has 0 spiro atoms. The molecule has 0 aromatic heterocycles. The van der Waals surface area contributed by atoms with Crippen LogP contribution in [0.25, 0.3) is 0 Å². The van der Waals surface area contributed by atoms with Crippen molar-refractivity contribution in [3.63, 3.8) is 0 Å². The summed E-state index contributed by atoms with van der Waals surface area (Å²) in [6.45, 7) is 0.789. The predicted octanol–water partition coefficient (Wildman–Crippen LogP) is 1.22. The molecule has 1 rings (SSSR count). The van der Waals surface area contributed by atoms with Gasteiger partial charge >= 0.3 is 0 Å². The number of ether oxygens (including phenoxy) is 1. The lowest BCUT2D eigenvalue weighted by atomic mass is 10.3. The van der Waals surface area contributed by atoms with Gasteiger partial charge in [0.05, 0.1) is 12.7 Å². The van der Waals surface area contributed by atoms with Crippen LogP contribution >= 0.6 is 11.6 Å². The number of hydrogen-bond acceptors (Lipinski definition) is 1. The van der Waals surface area contributed by atoms with Crippen molar-refractivity contribution in [1.29, 1.82) is 0 Å². The van der Waals surface area contributed by atoms with Gasteiger partial charge in [0, 0.05) is 5.88 Å². The highest BCUT2D eigenvalue weighted by Gasteiger charge is 2.12. The van der Waals surface area contributed by atoms with Crippen LogP contribution in [0.15, 0.2) is 0 Å². The van der Waals surface area contributed by atoms with E-state index in [1.807, 2.05) is 0 Å². The summed E-state index contributed by atoms with van der Waals surface area (Å²) in [5.74, 6) is 0.635. The van der Waals surface area contributed by atoms with E-state index in [0.717, 1.165) is 13.0 Å². The molecule has 1 unspecified atom stereocenters. The Bertz CT molecular complexity index is 50.0. The van der Waals surface area contributed by atoms with Gasteiger partial charge in [-0.05, 0) is 12.8 Å². The van der Waals surface area contributed by atoms with Crippen molar-refractivity contribution in [3.8, 4) is 0 Å². The summed E-state index contributed by atoms with van der Waals surface area (Å²) in [6.07, 6.45) is 3.44. The van der Waals surface area contributed by atoms with E-state index >= 15 is 0 Å². The monoisotopic (exact) mass is 119 g/mol. The van der Waals surface area contributed by atoms with Crippen LogP contribution in [0.2, 0.25) is 0 Å². The number of hydrogen-bond donors (Lipinski definition) is 0. The number of halogens is 1. The Kier molecular flexibility index (Phi) is 1.95. The second-order valence-electron chi connectivity index (χ2n) is 1.63. The van der Waals surface area contributed by atoms with Gasteiger partial charge in [-0.25, -0.2) is 0 Å². The summed E-state index contributed by atoms with van der Waals surface area (Å²) in [5.41, 5.74) is 0. The van der Waals surface area contributed by atoms with Gasteiger partial charge in [0.1, 0.15) is 0 Å². The third-order valence-corrected chi connectivity index (χ3v) is 1.40. The molecule has 1 atom stereocenters. The average molecular weight is 120 g/mol. The Morgan fingerprint density at radius 2 is 2.71 bits per heavy atom. The van der Waals surface area contributed by atoms with Crippen LogP contribution in [0.4, 0.5) is 0 Å². The molecular weight excluding hydrogens is 112 g/mol.